The van der Waals surface area contributed by atoms with Crippen LogP contribution in [-0.2, 0) is 10.0 Å². The Bertz CT molecular complexity index is 530. The third kappa shape index (κ3) is 3.89. The standard InChI is InChI=1S/C12H18ClN3O2S/c1-10(9-16-6-2-3-7-16)15-19(17,18)12-8-14-5-4-11(12)13/h4-5,8,10,15H,2-3,6-7,9H2,1H3. The number of hydrogen-bond acceptors (Lipinski definition) is 4. The number of pyridine rings is 1. The Morgan fingerprint density at radius 1 is 1.47 bits per heavy atom. The second-order valence-corrected chi connectivity index (χ2v) is 6.93. The van der Waals surface area contributed by atoms with E-state index in [2.05, 4.69) is 14.6 Å². The summed E-state index contributed by atoms with van der Waals surface area (Å²) < 4.78 is 27.0. The maximum Gasteiger partial charge on any atom is 0.243 e. The van der Waals surface area contributed by atoms with Gasteiger partial charge in [-0.15, -0.1) is 0 Å². The van der Waals surface area contributed by atoms with Crippen molar-refractivity contribution in [2.24, 2.45) is 0 Å². The lowest BCUT2D eigenvalue weighted by Gasteiger charge is -2.21. The van der Waals surface area contributed by atoms with Crippen molar-refractivity contribution in [1.82, 2.24) is 14.6 Å². The summed E-state index contributed by atoms with van der Waals surface area (Å²) >= 11 is 5.89. The Morgan fingerprint density at radius 2 is 2.16 bits per heavy atom. The molecule has 1 N–H and O–H groups in total. The van der Waals surface area contributed by atoms with E-state index in [1.165, 1.54) is 31.3 Å². The van der Waals surface area contributed by atoms with Gasteiger partial charge in [-0.25, -0.2) is 13.1 Å². The van der Waals surface area contributed by atoms with E-state index in [1.807, 2.05) is 6.92 Å². The molecule has 0 spiro atoms. The highest BCUT2D eigenvalue weighted by atomic mass is 35.5. The molecule has 0 aromatic carbocycles. The van der Waals surface area contributed by atoms with Crippen molar-refractivity contribution in [3.8, 4) is 0 Å². The molecule has 1 aromatic rings. The van der Waals surface area contributed by atoms with Crippen molar-refractivity contribution < 1.29 is 8.42 Å². The van der Waals surface area contributed by atoms with E-state index in [0.717, 1.165) is 19.6 Å². The van der Waals surface area contributed by atoms with Crippen LogP contribution in [0.4, 0.5) is 0 Å². The van der Waals surface area contributed by atoms with Gasteiger partial charge in [-0.1, -0.05) is 11.6 Å². The van der Waals surface area contributed by atoms with Crippen LogP contribution in [0.1, 0.15) is 19.8 Å². The predicted octanol–water partition coefficient (Wildman–Crippen LogP) is 1.50. The quantitative estimate of drug-likeness (QED) is 0.895. The zero-order valence-electron chi connectivity index (χ0n) is 10.8. The van der Waals surface area contributed by atoms with Gasteiger partial charge in [-0.2, -0.15) is 0 Å². The highest BCUT2D eigenvalue weighted by Gasteiger charge is 2.22. The summed E-state index contributed by atoms with van der Waals surface area (Å²) in [6.45, 7) is 4.66. The van der Waals surface area contributed by atoms with E-state index in [9.17, 15) is 8.42 Å². The SMILES string of the molecule is CC(CN1CCCC1)NS(=O)(=O)c1cnccc1Cl. The minimum Gasteiger partial charge on any atom is -0.302 e. The lowest BCUT2D eigenvalue weighted by atomic mass is 10.3. The molecule has 0 saturated carbocycles. The van der Waals surface area contributed by atoms with E-state index in [4.69, 9.17) is 11.6 Å². The van der Waals surface area contributed by atoms with Gasteiger partial charge in [0, 0.05) is 25.0 Å². The molecule has 5 nitrogen and oxygen atoms in total. The molecule has 1 aliphatic heterocycles. The normalized spacial score (nSPS) is 18.6. The van der Waals surface area contributed by atoms with Gasteiger partial charge in [0.05, 0.1) is 5.02 Å². The monoisotopic (exact) mass is 303 g/mol. The Balaban J connectivity index is 2.02. The number of hydrogen-bond donors (Lipinski definition) is 1. The van der Waals surface area contributed by atoms with E-state index in [0.29, 0.717) is 0 Å². The van der Waals surface area contributed by atoms with Gasteiger partial charge < -0.3 is 4.90 Å². The van der Waals surface area contributed by atoms with Crippen molar-refractivity contribution in [2.45, 2.75) is 30.7 Å². The van der Waals surface area contributed by atoms with Crippen molar-refractivity contribution in [2.75, 3.05) is 19.6 Å². The predicted molar refractivity (Wildman–Crippen MR) is 74.7 cm³/mol. The molecule has 1 aliphatic rings. The number of rotatable bonds is 5. The van der Waals surface area contributed by atoms with E-state index < -0.39 is 10.0 Å². The molecule has 2 heterocycles. The highest BCUT2D eigenvalue weighted by Crippen LogP contribution is 2.19. The summed E-state index contributed by atoms with van der Waals surface area (Å²) in [6, 6.07) is 1.32. The number of nitrogens with zero attached hydrogens (tertiary/aromatic N) is 2. The maximum atomic E-state index is 12.2. The summed E-state index contributed by atoms with van der Waals surface area (Å²) in [5.41, 5.74) is 0. The van der Waals surface area contributed by atoms with Crippen LogP contribution in [0.2, 0.25) is 5.02 Å². The smallest absolute Gasteiger partial charge is 0.243 e. The van der Waals surface area contributed by atoms with E-state index in [-0.39, 0.29) is 16.0 Å². The molecular formula is C12H18ClN3O2S. The van der Waals surface area contributed by atoms with Crippen LogP contribution >= 0.6 is 11.6 Å². The van der Waals surface area contributed by atoms with Crippen LogP contribution in [0.3, 0.4) is 0 Å². The Kier molecular flexibility index (Phi) is 4.78. The van der Waals surface area contributed by atoms with Gasteiger partial charge in [-0.3, -0.25) is 4.98 Å². The van der Waals surface area contributed by atoms with Crippen molar-refractivity contribution in [1.29, 1.82) is 0 Å². The molecule has 7 heteroatoms. The third-order valence-corrected chi connectivity index (χ3v) is 5.17. The highest BCUT2D eigenvalue weighted by molar-refractivity contribution is 7.89. The molecule has 2 rings (SSSR count). The number of nitrogens with one attached hydrogen (secondary N) is 1. The molecule has 19 heavy (non-hydrogen) atoms. The molecule has 1 saturated heterocycles. The number of halogens is 1. The fourth-order valence-corrected chi connectivity index (χ4v) is 3.94. The molecule has 0 bridgehead atoms. The lowest BCUT2D eigenvalue weighted by Crippen LogP contribution is -2.41. The van der Waals surface area contributed by atoms with Gasteiger partial charge in [0.15, 0.2) is 0 Å². The van der Waals surface area contributed by atoms with Crippen molar-refractivity contribution in [3.63, 3.8) is 0 Å². The minimum absolute atomic E-state index is 0.0324. The summed E-state index contributed by atoms with van der Waals surface area (Å²) in [6.07, 6.45) is 5.12. The van der Waals surface area contributed by atoms with Gasteiger partial charge in [0.1, 0.15) is 4.90 Å². The first-order valence-corrected chi connectivity index (χ1v) is 8.19. The minimum atomic E-state index is -3.60. The van der Waals surface area contributed by atoms with Crippen LogP contribution in [0.25, 0.3) is 0 Å². The molecule has 0 radical (unpaired) electrons. The molecular weight excluding hydrogens is 286 g/mol. The molecule has 106 valence electrons. The summed E-state index contributed by atoms with van der Waals surface area (Å²) in [7, 11) is -3.60. The second kappa shape index (κ2) is 6.17. The first kappa shape index (κ1) is 14.7. The van der Waals surface area contributed by atoms with Crippen molar-refractivity contribution >= 4 is 21.6 Å². The van der Waals surface area contributed by atoms with Crippen LogP contribution in [0.5, 0.6) is 0 Å². The third-order valence-electron chi connectivity index (χ3n) is 3.11. The topological polar surface area (TPSA) is 62.3 Å². The van der Waals surface area contributed by atoms with Gasteiger partial charge in [0.2, 0.25) is 10.0 Å². The Morgan fingerprint density at radius 3 is 2.79 bits per heavy atom. The maximum absolute atomic E-state index is 12.2. The zero-order chi connectivity index (χ0) is 13.9. The Labute approximate surface area is 119 Å². The molecule has 1 aromatic heterocycles. The van der Waals surface area contributed by atoms with Gasteiger partial charge in [-0.05, 0) is 38.9 Å². The fraction of sp³-hybridized carbons (Fsp3) is 0.583. The largest absolute Gasteiger partial charge is 0.302 e. The van der Waals surface area contributed by atoms with Gasteiger partial charge in [0.25, 0.3) is 0 Å². The fourth-order valence-electron chi connectivity index (χ4n) is 2.28. The average molecular weight is 304 g/mol. The molecule has 0 amide bonds. The number of aromatic nitrogens is 1. The van der Waals surface area contributed by atoms with Crippen LogP contribution in [-0.4, -0.2) is 44.0 Å². The van der Waals surface area contributed by atoms with Crippen molar-refractivity contribution in [3.05, 3.63) is 23.5 Å². The van der Waals surface area contributed by atoms with Gasteiger partial charge >= 0.3 is 0 Å². The molecule has 1 atom stereocenters. The summed E-state index contributed by atoms with van der Waals surface area (Å²) in [5.74, 6) is 0. The molecule has 1 fully saturated rings. The lowest BCUT2D eigenvalue weighted by molar-refractivity contribution is 0.313. The molecule has 1 unspecified atom stereocenters. The number of sulfonamides is 1. The zero-order valence-corrected chi connectivity index (χ0v) is 12.4. The average Bonchev–Trinajstić information content (AvgIpc) is 2.81. The first-order valence-electron chi connectivity index (χ1n) is 6.33. The summed E-state index contributed by atoms with van der Waals surface area (Å²) in [5, 5.41) is 0.191. The summed E-state index contributed by atoms with van der Waals surface area (Å²) in [4.78, 5) is 6.10. The van der Waals surface area contributed by atoms with Crippen LogP contribution in [0, 0.1) is 0 Å². The van der Waals surface area contributed by atoms with E-state index >= 15 is 0 Å². The Hall–Kier alpha value is -0.690. The second-order valence-electron chi connectivity index (χ2n) is 4.84. The van der Waals surface area contributed by atoms with Crippen LogP contribution < -0.4 is 4.72 Å². The first-order chi connectivity index (χ1) is 8.99. The van der Waals surface area contributed by atoms with E-state index in [1.54, 1.807) is 0 Å². The molecule has 0 aliphatic carbocycles. The number of likely N-dealkylation sites (tertiary alicyclic amines) is 1. The van der Waals surface area contributed by atoms with Crippen LogP contribution in [0.15, 0.2) is 23.4 Å².